The molecule has 1 atom stereocenters. The Morgan fingerprint density at radius 2 is 2.44 bits per heavy atom. The van der Waals surface area contributed by atoms with Crippen molar-refractivity contribution in [3.05, 3.63) is 0 Å². The highest BCUT2D eigenvalue weighted by Crippen LogP contribution is 2.18. The molecule has 2 nitrogen and oxygen atoms in total. The van der Waals surface area contributed by atoms with E-state index in [1.807, 2.05) is 6.92 Å². The van der Waals surface area contributed by atoms with Crippen LogP contribution in [0.1, 0.15) is 19.8 Å². The van der Waals surface area contributed by atoms with E-state index in [0.717, 1.165) is 12.6 Å². The van der Waals surface area contributed by atoms with E-state index < -0.39 is 0 Å². The van der Waals surface area contributed by atoms with Crippen molar-refractivity contribution in [1.29, 1.82) is 5.26 Å². The first-order chi connectivity index (χ1) is 4.33. The van der Waals surface area contributed by atoms with Crippen molar-refractivity contribution in [2.24, 2.45) is 5.92 Å². The van der Waals surface area contributed by atoms with Gasteiger partial charge in [0, 0.05) is 12.6 Å². The first-order valence-corrected chi connectivity index (χ1v) is 3.46. The molecule has 0 heterocycles. The Balaban J connectivity index is 1.97. The van der Waals surface area contributed by atoms with E-state index in [9.17, 15) is 0 Å². The molecule has 2 heteroatoms. The van der Waals surface area contributed by atoms with Gasteiger partial charge in [-0.3, -0.25) is 0 Å². The Morgan fingerprint density at radius 3 is 2.89 bits per heavy atom. The molecule has 1 N–H and O–H groups in total. The van der Waals surface area contributed by atoms with Crippen LogP contribution in [0.25, 0.3) is 0 Å². The fraction of sp³-hybridized carbons (Fsp3) is 0.857. The molecule has 1 fully saturated rings. The molecule has 0 unspecified atom stereocenters. The molecule has 1 saturated carbocycles. The van der Waals surface area contributed by atoms with E-state index in [2.05, 4.69) is 11.4 Å². The molecule has 0 aromatic carbocycles. The first-order valence-electron chi connectivity index (χ1n) is 3.46. The first kappa shape index (κ1) is 6.57. The topological polar surface area (TPSA) is 35.8 Å². The van der Waals surface area contributed by atoms with Crippen LogP contribution in [0.15, 0.2) is 0 Å². The van der Waals surface area contributed by atoms with Gasteiger partial charge in [-0.25, -0.2) is 0 Å². The number of rotatable bonds is 3. The van der Waals surface area contributed by atoms with E-state index >= 15 is 0 Å². The van der Waals surface area contributed by atoms with Gasteiger partial charge in [-0.2, -0.15) is 5.26 Å². The second-order valence-corrected chi connectivity index (χ2v) is 2.71. The van der Waals surface area contributed by atoms with Gasteiger partial charge in [0.05, 0.1) is 12.0 Å². The quantitative estimate of drug-likeness (QED) is 0.606. The van der Waals surface area contributed by atoms with E-state index in [-0.39, 0.29) is 5.92 Å². The van der Waals surface area contributed by atoms with Gasteiger partial charge >= 0.3 is 0 Å². The lowest BCUT2D eigenvalue weighted by molar-refractivity contribution is 0.598. The van der Waals surface area contributed by atoms with Crippen molar-refractivity contribution >= 4 is 0 Å². The predicted octanol–water partition coefficient (Wildman–Crippen LogP) is 0.898. The Bertz CT molecular complexity index is 121. The number of hydrogen-bond acceptors (Lipinski definition) is 2. The van der Waals surface area contributed by atoms with Gasteiger partial charge in [-0.05, 0) is 19.8 Å². The second kappa shape index (κ2) is 2.84. The maximum atomic E-state index is 8.38. The monoisotopic (exact) mass is 124 g/mol. The molecule has 0 aromatic heterocycles. The lowest BCUT2D eigenvalue weighted by atomic mass is 10.2. The third kappa shape index (κ3) is 2.48. The van der Waals surface area contributed by atoms with Gasteiger partial charge in [-0.15, -0.1) is 0 Å². The summed E-state index contributed by atoms with van der Waals surface area (Å²) in [5, 5.41) is 11.7. The summed E-state index contributed by atoms with van der Waals surface area (Å²) >= 11 is 0. The zero-order valence-electron chi connectivity index (χ0n) is 5.72. The van der Waals surface area contributed by atoms with Crippen LogP contribution in [-0.2, 0) is 0 Å². The molecule has 0 bridgehead atoms. The van der Waals surface area contributed by atoms with Gasteiger partial charge in [0.2, 0.25) is 0 Å². The van der Waals surface area contributed by atoms with Crippen LogP contribution in [0.4, 0.5) is 0 Å². The summed E-state index contributed by atoms with van der Waals surface area (Å²) in [6, 6.07) is 2.92. The van der Waals surface area contributed by atoms with E-state index in [0.29, 0.717) is 0 Å². The van der Waals surface area contributed by atoms with E-state index in [1.54, 1.807) is 0 Å². The van der Waals surface area contributed by atoms with Crippen LogP contribution in [0.5, 0.6) is 0 Å². The van der Waals surface area contributed by atoms with Crippen molar-refractivity contribution in [2.45, 2.75) is 25.8 Å². The van der Waals surface area contributed by atoms with Gasteiger partial charge in [-0.1, -0.05) is 0 Å². The molecular weight excluding hydrogens is 112 g/mol. The number of nitrogens with one attached hydrogen (secondary N) is 1. The minimum Gasteiger partial charge on any atom is -0.313 e. The van der Waals surface area contributed by atoms with E-state index in [1.165, 1.54) is 12.8 Å². The van der Waals surface area contributed by atoms with Crippen LogP contribution in [-0.4, -0.2) is 12.6 Å². The summed E-state index contributed by atoms with van der Waals surface area (Å²) in [5.41, 5.74) is 0. The van der Waals surface area contributed by atoms with Crippen LogP contribution in [0.3, 0.4) is 0 Å². The lowest BCUT2D eigenvalue weighted by Gasteiger charge is -2.01. The summed E-state index contributed by atoms with van der Waals surface area (Å²) in [6.07, 6.45) is 2.61. The zero-order valence-corrected chi connectivity index (χ0v) is 5.72. The number of nitrogens with zero attached hydrogens (tertiary/aromatic N) is 1. The molecule has 1 rings (SSSR count). The Labute approximate surface area is 55.9 Å². The molecule has 0 spiro atoms. The molecule has 0 radical (unpaired) electrons. The predicted molar refractivity (Wildman–Crippen MR) is 35.8 cm³/mol. The minimum atomic E-state index is 0.172. The van der Waals surface area contributed by atoms with Crippen molar-refractivity contribution in [3.63, 3.8) is 0 Å². The summed E-state index contributed by atoms with van der Waals surface area (Å²) in [5.74, 6) is 0.172. The van der Waals surface area contributed by atoms with Crippen LogP contribution < -0.4 is 5.32 Å². The van der Waals surface area contributed by atoms with E-state index in [4.69, 9.17) is 5.26 Å². The molecule has 0 aliphatic heterocycles. The minimum absolute atomic E-state index is 0.172. The van der Waals surface area contributed by atoms with Crippen molar-refractivity contribution in [1.82, 2.24) is 5.32 Å². The highest BCUT2D eigenvalue weighted by Gasteiger charge is 2.20. The van der Waals surface area contributed by atoms with Crippen molar-refractivity contribution in [2.75, 3.05) is 6.54 Å². The molecule has 0 amide bonds. The molecule has 9 heavy (non-hydrogen) atoms. The molecule has 0 aromatic rings. The highest BCUT2D eigenvalue weighted by atomic mass is 14.9. The Kier molecular flexibility index (Phi) is 2.07. The van der Waals surface area contributed by atoms with Crippen LogP contribution in [0, 0.1) is 17.2 Å². The standard InChI is InChI=1S/C7H12N2/c1-6(4-8)5-9-7-2-3-7/h6-7,9H,2-3,5H2,1H3/t6-/m0/s1. The molecule has 1 aliphatic carbocycles. The maximum Gasteiger partial charge on any atom is 0.0666 e. The van der Waals surface area contributed by atoms with Crippen LogP contribution in [0.2, 0.25) is 0 Å². The fourth-order valence-electron chi connectivity index (χ4n) is 0.677. The normalized spacial score (nSPS) is 20.9. The molecule has 0 saturated heterocycles. The average Bonchev–Trinajstić information content (AvgIpc) is 2.65. The van der Waals surface area contributed by atoms with Gasteiger partial charge in [0.1, 0.15) is 0 Å². The largest absolute Gasteiger partial charge is 0.313 e. The summed E-state index contributed by atoms with van der Waals surface area (Å²) in [6.45, 7) is 2.80. The van der Waals surface area contributed by atoms with Crippen molar-refractivity contribution in [3.8, 4) is 6.07 Å². The summed E-state index contributed by atoms with van der Waals surface area (Å²) in [7, 11) is 0. The lowest BCUT2D eigenvalue weighted by Crippen LogP contribution is -2.22. The van der Waals surface area contributed by atoms with Gasteiger partial charge < -0.3 is 5.32 Å². The Hall–Kier alpha value is -0.550. The molecular formula is C7H12N2. The summed E-state index contributed by atoms with van der Waals surface area (Å²) < 4.78 is 0. The Morgan fingerprint density at radius 1 is 1.78 bits per heavy atom. The fourth-order valence-corrected chi connectivity index (χ4v) is 0.677. The highest BCUT2D eigenvalue weighted by molar-refractivity contribution is 4.86. The third-order valence-corrected chi connectivity index (χ3v) is 1.51. The smallest absolute Gasteiger partial charge is 0.0666 e. The van der Waals surface area contributed by atoms with Gasteiger partial charge in [0.25, 0.3) is 0 Å². The number of hydrogen-bond donors (Lipinski definition) is 1. The maximum absolute atomic E-state index is 8.38. The van der Waals surface area contributed by atoms with Crippen LogP contribution >= 0.6 is 0 Å². The summed E-state index contributed by atoms with van der Waals surface area (Å²) in [4.78, 5) is 0. The third-order valence-electron chi connectivity index (χ3n) is 1.51. The van der Waals surface area contributed by atoms with Crippen molar-refractivity contribution < 1.29 is 0 Å². The number of nitriles is 1. The molecule has 50 valence electrons. The van der Waals surface area contributed by atoms with Gasteiger partial charge in [0.15, 0.2) is 0 Å². The SMILES string of the molecule is C[C@@H](C#N)CNC1CC1. The second-order valence-electron chi connectivity index (χ2n) is 2.71. The zero-order chi connectivity index (χ0) is 6.69. The average molecular weight is 124 g/mol. The molecule has 1 aliphatic rings.